The predicted octanol–water partition coefficient (Wildman–Crippen LogP) is 4.09. The fourth-order valence-electron chi connectivity index (χ4n) is 6.49. The van der Waals surface area contributed by atoms with E-state index in [0.29, 0.717) is 18.7 Å². The number of hydrogen-bond acceptors (Lipinski definition) is 7. The molecule has 1 aromatic heterocycles. The lowest BCUT2D eigenvalue weighted by Crippen LogP contribution is -2.52. The van der Waals surface area contributed by atoms with Crippen molar-refractivity contribution in [3.8, 4) is 0 Å². The highest BCUT2D eigenvalue weighted by molar-refractivity contribution is 5.79. The number of hydrogen-bond donors (Lipinski definition) is 2. The minimum Gasteiger partial charge on any atom is -0.393 e. The summed E-state index contributed by atoms with van der Waals surface area (Å²) >= 11 is 0. The van der Waals surface area contributed by atoms with Gasteiger partial charge in [-0.1, -0.05) is 20.8 Å². The fraction of sp³-hybridized carbons (Fsp3) is 0.839. The van der Waals surface area contributed by atoms with Crippen LogP contribution in [-0.2, 0) is 21.4 Å². The number of piperazine rings is 1. The Hall–Kier alpha value is -1.77. The fourth-order valence-corrected chi connectivity index (χ4v) is 6.49. The van der Waals surface area contributed by atoms with Gasteiger partial charge in [0.15, 0.2) is 0 Å². The molecule has 1 aliphatic heterocycles. The van der Waals surface area contributed by atoms with E-state index < -0.39 is 0 Å². The Morgan fingerprint density at radius 2 is 1.79 bits per heavy atom. The van der Waals surface area contributed by atoms with E-state index in [-0.39, 0.29) is 23.3 Å². The number of nitrogens with one attached hydrogen (secondary N) is 1. The van der Waals surface area contributed by atoms with Gasteiger partial charge in [0, 0.05) is 68.3 Å². The molecule has 8 heteroatoms. The van der Waals surface area contributed by atoms with Gasteiger partial charge in [-0.15, -0.1) is 0 Å². The van der Waals surface area contributed by atoms with Crippen LogP contribution in [0.1, 0.15) is 97.0 Å². The monoisotopic (exact) mass is 543 g/mol. The van der Waals surface area contributed by atoms with Crippen LogP contribution in [-0.4, -0.2) is 84.0 Å². The average Bonchev–Trinajstić information content (AvgIpc) is 2.91. The SMILES string of the molecule is COCCc1cc(N2CCN(CC[C@H]3CC[C@H](NC(=O)[C@H]4CC[C@@H](O)CC4)CC3)C[C@H]2C)nc(C(C)(C)C)n1. The molecule has 1 aromatic rings. The summed E-state index contributed by atoms with van der Waals surface area (Å²) in [6.45, 7) is 13.8. The second-order valence-electron chi connectivity index (χ2n) is 13.4. The minimum atomic E-state index is -0.206. The van der Waals surface area contributed by atoms with Crippen molar-refractivity contribution in [3.63, 3.8) is 0 Å². The Morgan fingerprint density at radius 1 is 1.08 bits per heavy atom. The molecule has 1 saturated heterocycles. The van der Waals surface area contributed by atoms with Gasteiger partial charge in [0.05, 0.1) is 12.7 Å². The van der Waals surface area contributed by atoms with Crippen molar-refractivity contribution < 1.29 is 14.6 Å². The molecule has 2 heterocycles. The van der Waals surface area contributed by atoms with E-state index in [9.17, 15) is 9.90 Å². The van der Waals surface area contributed by atoms with Crippen molar-refractivity contribution >= 4 is 11.7 Å². The minimum absolute atomic E-state index is 0.0931. The molecule has 1 amide bonds. The van der Waals surface area contributed by atoms with Crippen LogP contribution in [0.2, 0.25) is 0 Å². The lowest BCUT2D eigenvalue weighted by Gasteiger charge is -2.41. The molecule has 39 heavy (non-hydrogen) atoms. The maximum absolute atomic E-state index is 12.7. The summed E-state index contributed by atoms with van der Waals surface area (Å²) in [5, 5.41) is 13.0. The molecule has 0 unspecified atom stereocenters. The molecular weight excluding hydrogens is 490 g/mol. The predicted molar refractivity (Wildman–Crippen MR) is 156 cm³/mol. The van der Waals surface area contributed by atoms with Crippen LogP contribution in [0.3, 0.4) is 0 Å². The van der Waals surface area contributed by atoms with Gasteiger partial charge in [-0.2, -0.15) is 0 Å². The van der Waals surface area contributed by atoms with Gasteiger partial charge >= 0.3 is 0 Å². The van der Waals surface area contributed by atoms with Gasteiger partial charge in [-0.05, 0) is 77.2 Å². The van der Waals surface area contributed by atoms with Crippen LogP contribution in [0, 0.1) is 11.8 Å². The number of carbonyl (C=O) groups excluding carboxylic acids is 1. The summed E-state index contributed by atoms with van der Waals surface area (Å²) in [7, 11) is 1.74. The topological polar surface area (TPSA) is 90.8 Å². The highest BCUT2D eigenvalue weighted by Gasteiger charge is 2.30. The molecule has 0 spiro atoms. The quantitative estimate of drug-likeness (QED) is 0.485. The maximum atomic E-state index is 12.7. The first-order valence-electron chi connectivity index (χ1n) is 15.5. The van der Waals surface area contributed by atoms with Crippen LogP contribution in [0.5, 0.6) is 0 Å². The van der Waals surface area contributed by atoms with Gasteiger partial charge in [-0.3, -0.25) is 9.69 Å². The van der Waals surface area contributed by atoms with Crippen LogP contribution in [0.25, 0.3) is 0 Å². The van der Waals surface area contributed by atoms with Crippen molar-refractivity contribution in [3.05, 3.63) is 17.6 Å². The second-order valence-corrected chi connectivity index (χ2v) is 13.4. The molecule has 3 aliphatic rings. The van der Waals surface area contributed by atoms with Crippen molar-refractivity contribution in [1.82, 2.24) is 20.2 Å². The van der Waals surface area contributed by atoms with E-state index in [1.54, 1.807) is 7.11 Å². The van der Waals surface area contributed by atoms with Crippen molar-refractivity contribution in [2.45, 2.75) is 116 Å². The van der Waals surface area contributed by atoms with Crippen LogP contribution in [0.15, 0.2) is 6.07 Å². The van der Waals surface area contributed by atoms with E-state index in [4.69, 9.17) is 14.7 Å². The smallest absolute Gasteiger partial charge is 0.223 e. The summed E-state index contributed by atoms with van der Waals surface area (Å²) in [5.74, 6) is 3.05. The number of rotatable bonds is 9. The zero-order valence-electron chi connectivity index (χ0n) is 25.1. The zero-order valence-corrected chi connectivity index (χ0v) is 25.1. The normalized spacial score (nSPS) is 28.9. The molecule has 0 aromatic carbocycles. The molecule has 220 valence electrons. The standard InChI is InChI=1S/C31H53N5O3/c1-22-21-35(17-18-36(22)28-20-26(15-19-39-5)33-30(34-28)31(2,3)4)16-14-23-6-10-25(11-7-23)32-29(38)24-8-12-27(37)13-9-24/h20,22-25,27,37H,6-19,21H2,1-5H3,(H,32,38)/t22-,23-,24-,25-,27+/m1/s1. The van der Waals surface area contributed by atoms with E-state index in [2.05, 4.69) is 48.9 Å². The third-order valence-corrected chi connectivity index (χ3v) is 9.12. The lowest BCUT2D eigenvalue weighted by molar-refractivity contribution is -0.127. The van der Waals surface area contributed by atoms with Gasteiger partial charge < -0.3 is 20.1 Å². The number of nitrogens with zero attached hydrogens (tertiary/aromatic N) is 4. The van der Waals surface area contributed by atoms with Gasteiger partial charge in [0.25, 0.3) is 0 Å². The Balaban J connectivity index is 1.21. The number of carbonyl (C=O) groups is 1. The molecule has 2 N–H and O–H groups in total. The number of methoxy groups -OCH3 is 1. The Kier molecular flexibility index (Phi) is 10.6. The zero-order chi connectivity index (χ0) is 28.0. The summed E-state index contributed by atoms with van der Waals surface area (Å²) in [5.41, 5.74) is 0.968. The van der Waals surface area contributed by atoms with E-state index in [0.717, 1.165) is 94.4 Å². The number of ether oxygens (including phenoxy) is 1. The molecule has 2 aliphatic carbocycles. The Morgan fingerprint density at radius 3 is 2.44 bits per heavy atom. The molecule has 4 rings (SSSR count). The van der Waals surface area contributed by atoms with Gasteiger partial charge in [-0.25, -0.2) is 9.97 Å². The number of aromatic nitrogens is 2. The summed E-state index contributed by atoms with van der Waals surface area (Å²) in [6.07, 6.45) is 9.68. The average molecular weight is 544 g/mol. The maximum Gasteiger partial charge on any atom is 0.223 e. The van der Waals surface area contributed by atoms with E-state index in [1.165, 1.54) is 19.3 Å². The Bertz CT molecular complexity index is 919. The van der Waals surface area contributed by atoms with Crippen molar-refractivity contribution in [2.75, 3.05) is 44.8 Å². The molecule has 8 nitrogen and oxygen atoms in total. The molecule has 0 radical (unpaired) electrons. The first-order valence-corrected chi connectivity index (χ1v) is 15.5. The van der Waals surface area contributed by atoms with Gasteiger partial charge in [0.1, 0.15) is 11.6 Å². The largest absolute Gasteiger partial charge is 0.393 e. The number of aliphatic hydroxyl groups is 1. The molecule has 3 fully saturated rings. The molecular formula is C31H53N5O3. The number of anilines is 1. The first kappa shape index (κ1) is 30.2. The highest BCUT2D eigenvalue weighted by atomic mass is 16.5. The molecule has 2 saturated carbocycles. The second kappa shape index (κ2) is 13.7. The molecule has 1 atom stereocenters. The molecule has 0 bridgehead atoms. The van der Waals surface area contributed by atoms with Crippen molar-refractivity contribution in [2.24, 2.45) is 11.8 Å². The lowest BCUT2D eigenvalue weighted by atomic mass is 9.83. The number of aliphatic hydroxyl groups excluding tert-OH is 1. The summed E-state index contributed by atoms with van der Waals surface area (Å²) in [6, 6.07) is 2.90. The van der Waals surface area contributed by atoms with Crippen LogP contribution in [0.4, 0.5) is 5.82 Å². The van der Waals surface area contributed by atoms with Crippen LogP contribution >= 0.6 is 0 Å². The Labute approximate surface area is 236 Å². The third kappa shape index (κ3) is 8.61. The van der Waals surface area contributed by atoms with Gasteiger partial charge in [0.2, 0.25) is 5.91 Å². The summed E-state index contributed by atoms with van der Waals surface area (Å²) in [4.78, 5) is 27.6. The highest BCUT2D eigenvalue weighted by Crippen LogP contribution is 2.30. The van der Waals surface area contributed by atoms with Crippen LogP contribution < -0.4 is 10.2 Å². The first-order chi connectivity index (χ1) is 18.6. The summed E-state index contributed by atoms with van der Waals surface area (Å²) < 4.78 is 5.31. The number of amides is 1. The van der Waals surface area contributed by atoms with E-state index >= 15 is 0 Å². The third-order valence-electron chi connectivity index (χ3n) is 9.12. The van der Waals surface area contributed by atoms with Crippen molar-refractivity contribution in [1.29, 1.82) is 0 Å². The van der Waals surface area contributed by atoms with E-state index in [1.807, 2.05) is 0 Å².